The van der Waals surface area contributed by atoms with Gasteiger partial charge < -0.3 is 24.3 Å². The van der Waals surface area contributed by atoms with Crippen LogP contribution in [0.2, 0.25) is 5.02 Å². The Morgan fingerprint density at radius 2 is 1.48 bits per heavy atom. The van der Waals surface area contributed by atoms with Crippen LogP contribution in [0.15, 0.2) is 54.6 Å². The van der Waals surface area contributed by atoms with Crippen LogP contribution >= 0.6 is 11.6 Å². The van der Waals surface area contributed by atoms with Crippen molar-refractivity contribution in [2.45, 2.75) is 33.4 Å². The normalized spacial score (nSPS) is 10.7. The molecule has 0 aliphatic carbocycles. The van der Waals surface area contributed by atoms with Crippen LogP contribution in [0.25, 0.3) is 0 Å². The zero-order chi connectivity index (χ0) is 23.6. The first-order valence-electron chi connectivity index (χ1n) is 11.1. The van der Waals surface area contributed by atoms with E-state index in [-0.39, 0.29) is 0 Å². The Kier molecular flexibility index (Phi) is 9.28. The molecule has 176 valence electrons. The van der Waals surface area contributed by atoms with E-state index in [4.69, 9.17) is 30.5 Å². The van der Waals surface area contributed by atoms with Gasteiger partial charge in [-0.25, -0.2) is 0 Å². The molecule has 33 heavy (non-hydrogen) atoms. The molecule has 0 amide bonds. The van der Waals surface area contributed by atoms with E-state index in [0.717, 1.165) is 35.6 Å². The largest absolute Gasteiger partial charge is 0.493 e. The van der Waals surface area contributed by atoms with Gasteiger partial charge in [0.1, 0.15) is 6.61 Å². The Morgan fingerprint density at radius 3 is 2.18 bits per heavy atom. The minimum atomic E-state index is 0.458. The van der Waals surface area contributed by atoms with Gasteiger partial charge in [0.2, 0.25) is 0 Å². The fourth-order valence-electron chi connectivity index (χ4n) is 3.43. The molecule has 0 saturated carbocycles. The molecular weight excluding hydrogens is 438 g/mol. The van der Waals surface area contributed by atoms with E-state index in [2.05, 4.69) is 36.5 Å². The number of rotatable bonds is 12. The van der Waals surface area contributed by atoms with Crippen molar-refractivity contribution in [1.29, 1.82) is 0 Å². The monoisotopic (exact) mass is 469 g/mol. The predicted molar refractivity (Wildman–Crippen MR) is 133 cm³/mol. The lowest BCUT2D eigenvalue weighted by molar-refractivity contribution is 0.269. The predicted octanol–water partition coefficient (Wildman–Crippen LogP) is 5.98. The lowest BCUT2D eigenvalue weighted by atomic mass is 10.1. The summed E-state index contributed by atoms with van der Waals surface area (Å²) in [6.45, 7) is 6.46. The van der Waals surface area contributed by atoms with Crippen LogP contribution in [-0.4, -0.2) is 27.4 Å². The smallest absolute Gasteiger partial charge is 0.163 e. The molecule has 0 spiro atoms. The van der Waals surface area contributed by atoms with Crippen molar-refractivity contribution >= 4 is 11.6 Å². The molecule has 0 aliphatic rings. The van der Waals surface area contributed by atoms with E-state index in [9.17, 15) is 0 Å². The average Bonchev–Trinajstić information content (AvgIpc) is 2.83. The van der Waals surface area contributed by atoms with Gasteiger partial charge in [0, 0.05) is 17.6 Å². The number of hydrogen-bond donors (Lipinski definition) is 1. The van der Waals surface area contributed by atoms with Gasteiger partial charge in [0.05, 0.1) is 20.8 Å². The van der Waals surface area contributed by atoms with Gasteiger partial charge in [-0.15, -0.1) is 0 Å². The molecule has 0 aromatic heterocycles. The molecule has 0 fully saturated rings. The average molecular weight is 470 g/mol. The van der Waals surface area contributed by atoms with Crippen molar-refractivity contribution in [2.75, 3.05) is 27.4 Å². The SMILES string of the molecule is CCOc1cc(CNCCc2ccc(OC)c(OC)c2)c(Cl)cc1OCc1ccc(C)cc1. The highest BCUT2D eigenvalue weighted by Crippen LogP contribution is 2.34. The maximum atomic E-state index is 6.57. The standard InChI is InChI=1S/C27H32ClNO4/c1-5-32-26-15-22(17-29-13-12-20-10-11-24(30-3)25(14-20)31-4)23(28)16-27(26)33-18-21-8-6-19(2)7-9-21/h6-11,14-16,29H,5,12-13,17-18H2,1-4H3. The molecule has 0 bridgehead atoms. The third-order valence-corrected chi connectivity index (χ3v) is 5.63. The van der Waals surface area contributed by atoms with E-state index in [1.807, 2.05) is 37.3 Å². The molecule has 1 N–H and O–H groups in total. The van der Waals surface area contributed by atoms with Crippen LogP contribution in [0.5, 0.6) is 23.0 Å². The summed E-state index contributed by atoms with van der Waals surface area (Å²) in [5.41, 5.74) is 4.45. The summed E-state index contributed by atoms with van der Waals surface area (Å²) in [7, 11) is 3.28. The molecule has 0 saturated heterocycles. The molecule has 0 aliphatic heterocycles. The Labute approximate surface area is 201 Å². The van der Waals surface area contributed by atoms with Crippen molar-refractivity contribution in [3.8, 4) is 23.0 Å². The molecule has 3 rings (SSSR count). The maximum absolute atomic E-state index is 6.57. The topological polar surface area (TPSA) is 49.0 Å². The number of aryl methyl sites for hydroxylation is 1. The first-order chi connectivity index (χ1) is 16.0. The Morgan fingerprint density at radius 1 is 0.788 bits per heavy atom. The fraction of sp³-hybridized carbons (Fsp3) is 0.333. The highest BCUT2D eigenvalue weighted by atomic mass is 35.5. The summed E-state index contributed by atoms with van der Waals surface area (Å²) in [5, 5.41) is 4.11. The quantitative estimate of drug-likeness (QED) is 0.331. The van der Waals surface area contributed by atoms with Gasteiger partial charge in [-0.1, -0.05) is 47.5 Å². The van der Waals surface area contributed by atoms with Crippen molar-refractivity contribution < 1.29 is 18.9 Å². The maximum Gasteiger partial charge on any atom is 0.163 e. The molecule has 0 atom stereocenters. The van der Waals surface area contributed by atoms with E-state index in [1.54, 1.807) is 14.2 Å². The number of methoxy groups -OCH3 is 2. The van der Waals surface area contributed by atoms with Crippen LogP contribution in [0.1, 0.15) is 29.2 Å². The minimum absolute atomic E-state index is 0.458. The molecule has 5 nitrogen and oxygen atoms in total. The van der Waals surface area contributed by atoms with Crippen molar-refractivity contribution in [3.05, 3.63) is 81.9 Å². The van der Waals surface area contributed by atoms with Gasteiger partial charge in [-0.2, -0.15) is 0 Å². The Bertz CT molecular complexity index is 1040. The van der Waals surface area contributed by atoms with Crippen LogP contribution in [-0.2, 0) is 19.6 Å². The summed E-state index contributed by atoms with van der Waals surface area (Å²) in [5.74, 6) is 2.82. The van der Waals surface area contributed by atoms with Crippen molar-refractivity contribution in [2.24, 2.45) is 0 Å². The third kappa shape index (κ3) is 7.04. The van der Waals surface area contributed by atoms with Crippen LogP contribution in [0, 0.1) is 6.92 Å². The van der Waals surface area contributed by atoms with Gasteiger partial charge in [-0.05, 0) is 61.7 Å². The highest BCUT2D eigenvalue weighted by Gasteiger charge is 2.12. The molecule has 0 heterocycles. The number of ether oxygens (including phenoxy) is 4. The zero-order valence-corrected chi connectivity index (χ0v) is 20.5. The van der Waals surface area contributed by atoms with Crippen molar-refractivity contribution in [3.63, 3.8) is 0 Å². The van der Waals surface area contributed by atoms with Crippen LogP contribution in [0.4, 0.5) is 0 Å². The van der Waals surface area contributed by atoms with Gasteiger partial charge >= 0.3 is 0 Å². The summed E-state index contributed by atoms with van der Waals surface area (Å²) in [4.78, 5) is 0. The lowest BCUT2D eigenvalue weighted by Gasteiger charge is -2.15. The minimum Gasteiger partial charge on any atom is -0.493 e. The van der Waals surface area contributed by atoms with Crippen molar-refractivity contribution in [1.82, 2.24) is 5.32 Å². The third-order valence-electron chi connectivity index (χ3n) is 5.28. The molecule has 6 heteroatoms. The number of hydrogen-bond acceptors (Lipinski definition) is 5. The van der Waals surface area contributed by atoms with E-state index in [0.29, 0.717) is 36.3 Å². The summed E-state index contributed by atoms with van der Waals surface area (Å²) >= 11 is 6.57. The number of halogens is 1. The second-order valence-corrected chi connectivity index (χ2v) is 8.12. The van der Waals surface area contributed by atoms with E-state index >= 15 is 0 Å². The summed E-state index contributed by atoms with van der Waals surface area (Å²) in [6.07, 6.45) is 0.855. The number of nitrogens with one attached hydrogen (secondary N) is 1. The highest BCUT2D eigenvalue weighted by molar-refractivity contribution is 6.31. The Hall–Kier alpha value is -2.89. The molecule has 0 unspecified atom stereocenters. The van der Waals surface area contributed by atoms with Crippen LogP contribution < -0.4 is 24.3 Å². The summed E-state index contributed by atoms with van der Waals surface area (Å²) < 4.78 is 22.5. The molecular formula is C27H32ClNO4. The number of benzene rings is 3. The first-order valence-corrected chi connectivity index (χ1v) is 11.5. The van der Waals surface area contributed by atoms with Gasteiger partial charge in [-0.3, -0.25) is 0 Å². The second kappa shape index (κ2) is 12.4. The molecule has 3 aromatic carbocycles. The van der Waals surface area contributed by atoms with E-state index < -0.39 is 0 Å². The van der Waals surface area contributed by atoms with E-state index in [1.165, 1.54) is 11.1 Å². The molecule has 0 radical (unpaired) electrons. The van der Waals surface area contributed by atoms with Crippen LogP contribution in [0.3, 0.4) is 0 Å². The zero-order valence-electron chi connectivity index (χ0n) is 19.7. The summed E-state index contributed by atoms with van der Waals surface area (Å²) in [6, 6.07) is 18.0. The lowest BCUT2D eigenvalue weighted by Crippen LogP contribution is -2.17. The molecule has 3 aromatic rings. The fourth-order valence-corrected chi connectivity index (χ4v) is 3.65. The Balaban J connectivity index is 1.59. The second-order valence-electron chi connectivity index (χ2n) is 7.71. The first kappa shape index (κ1) is 24.7. The van der Waals surface area contributed by atoms with Gasteiger partial charge in [0.15, 0.2) is 23.0 Å². The van der Waals surface area contributed by atoms with Gasteiger partial charge in [0.25, 0.3) is 0 Å².